The highest BCUT2D eigenvalue weighted by Gasteiger charge is 2.17. The summed E-state index contributed by atoms with van der Waals surface area (Å²) in [5.74, 6) is -0.147. The first-order valence-corrected chi connectivity index (χ1v) is 8.09. The monoisotopic (exact) mass is 309 g/mol. The molecule has 1 rings (SSSR count). The summed E-state index contributed by atoms with van der Waals surface area (Å²) in [6.45, 7) is 6.14. The molecular weight excluding hydrogens is 286 g/mol. The van der Waals surface area contributed by atoms with Crippen molar-refractivity contribution >= 4 is 23.6 Å². The molecule has 0 unspecified atom stereocenters. The van der Waals surface area contributed by atoms with E-state index in [-0.39, 0.29) is 24.9 Å². The Morgan fingerprint density at radius 2 is 1.81 bits per heavy atom. The second-order valence-electron chi connectivity index (χ2n) is 5.24. The summed E-state index contributed by atoms with van der Waals surface area (Å²) in [7, 11) is 0. The van der Waals surface area contributed by atoms with Crippen LogP contribution in [0.2, 0.25) is 0 Å². The third-order valence-corrected chi connectivity index (χ3v) is 4.13. The number of benzene rings is 1. The predicted octanol–water partition coefficient (Wildman–Crippen LogP) is 3.19. The molecular formula is C16H23NO3S. The molecule has 4 nitrogen and oxygen atoms in total. The van der Waals surface area contributed by atoms with Crippen molar-refractivity contribution in [2.75, 3.05) is 12.3 Å². The summed E-state index contributed by atoms with van der Waals surface area (Å²) in [6, 6.07) is 8.24. The van der Waals surface area contributed by atoms with Gasteiger partial charge in [-0.3, -0.25) is 9.59 Å². The maximum atomic E-state index is 12.2. The van der Waals surface area contributed by atoms with E-state index in [0.717, 1.165) is 4.90 Å². The van der Waals surface area contributed by atoms with Gasteiger partial charge in [0.1, 0.15) is 0 Å². The number of amides is 1. The zero-order valence-electron chi connectivity index (χ0n) is 12.8. The number of rotatable bonds is 8. The van der Waals surface area contributed by atoms with E-state index in [9.17, 15) is 9.59 Å². The summed E-state index contributed by atoms with van der Waals surface area (Å²) >= 11 is 1.65. The second-order valence-corrected chi connectivity index (χ2v) is 6.40. The maximum absolute atomic E-state index is 12.2. The van der Waals surface area contributed by atoms with Gasteiger partial charge in [0, 0.05) is 29.7 Å². The van der Waals surface area contributed by atoms with Crippen LogP contribution in [0.1, 0.15) is 32.3 Å². The summed E-state index contributed by atoms with van der Waals surface area (Å²) in [6.07, 6.45) is 0.422. The Bertz CT molecular complexity index is 471. The smallest absolute Gasteiger partial charge is 0.305 e. The fraction of sp³-hybridized carbons (Fsp3) is 0.500. The first-order chi connectivity index (χ1) is 9.90. The van der Waals surface area contributed by atoms with Crippen LogP contribution >= 0.6 is 11.8 Å². The summed E-state index contributed by atoms with van der Waals surface area (Å²) in [5, 5.41) is 8.73. The van der Waals surface area contributed by atoms with E-state index in [1.165, 1.54) is 5.56 Å². The van der Waals surface area contributed by atoms with Crippen LogP contribution in [0.15, 0.2) is 29.2 Å². The molecule has 0 aliphatic rings. The van der Waals surface area contributed by atoms with E-state index in [1.807, 2.05) is 20.8 Å². The van der Waals surface area contributed by atoms with E-state index >= 15 is 0 Å². The summed E-state index contributed by atoms with van der Waals surface area (Å²) in [5.41, 5.74) is 1.22. The number of hydrogen-bond donors (Lipinski definition) is 1. The van der Waals surface area contributed by atoms with Crippen LogP contribution in [-0.4, -0.2) is 40.2 Å². The molecule has 0 fully saturated rings. The van der Waals surface area contributed by atoms with Crippen LogP contribution in [0.3, 0.4) is 0 Å². The quantitative estimate of drug-likeness (QED) is 0.749. The fourth-order valence-electron chi connectivity index (χ4n) is 1.92. The number of carbonyl (C=O) groups is 2. The largest absolute Gasteiger partial charge is 0.481 e. The molecule has 0 aliphatic carbocycles. The summed E-state index contributed by atoms with van der Waals surface area (Å²) in [4.78, 5) is 25.6. The van der Waals surface area contributed by atoms with Gasteiger partial charge in [-0.15, -0.1) is 11.8 Å². The van der Waals surface area contributed by atoms with Crippen molar-refractivity contribution in [2.24, 2.45) is 0 Å². The molecule has 0 saturated carbocycles. The molecule has 0 aliphatic heterocycles. The average Bonchev–Trinajstić information content (AvgIpc) is 2.40. The number of thioether (sulfide) groups is 1. The predicted molar refractivity (Wildman–Crippen MR) is 85.6 cm³/mol. The maximum Gasteiger partial charge on any atom is 0.305 e. The van der Waals surface area contributed by atoms with Gasteiger partial charge in [-0.05, 0) is 32.9 Å². The van der Waals surface area contributed by atoms with Crippen LogP contribution in [-0.2, 0) is 9.59 Å². The molecule has 1 aromatic rings. The molecule has 0 atom stereocenters. The lowest BCUT2D eigenvalue weighted by Gasteiger charge is -2.26. The normalized spacial score (nSPS) is 10.7. The number of hydrogen-bond acceptors (Lipinski definition) is 3. The molecule has 0 saturated heterocycles. The molecule has 5 heteroatoms. The minimum Gasteiger partial charge on any atom is -0.481 e. The molecule has 21 heavy (non-hydrogen) atoms. The van der Waals surface area contributed by atoms with Gasteiger partial charge < -0.3 is 10.0 Å². The Kier molecular flexibility index (Phi) is 7.29. The van der Waals surface area contributed by atoms with Crippen molar-refractivity contribution in [1.29, 1.82) is 0 Å². The Balaban J connectivity index is 2.42. The number of carboxylic acids is 1. The van der Waals surface area contributed by atoms with Crippen molar-refractivity contribution in [2.45, 2.75) is 44.6 Å². The number of aryl methyl sites for hydroxylation is 1. The lowest BCUT2D eigenvalue weighted by atomic mass is 10.2. The lowest BCUT2D eigenvalue weighted by molar-refractivity contribution is -0.139. The highest BCUT2D eigenvalue weighted by Crippen LogP contribution is 2.19. The first kappa shape index (κ1) is 17.6. The third kappa shape index (κ3) is 6.67. The van der Waals surface area contributed by atoms with E-state index in [1.54, 1.807) is 16.7 Å². The Labute approximate surface area is 130 Å². The summed E-state index contributed by atoms with van der Waals surface area (Å²) < 4.78 is 0. The van der Waals surface area contributed by atoms with Crippen LogP contribution in [0.5, 0.6) is 0 Å². The first-order valence-electron chi connectivity index (χ1n) is 7.11. The van der Waals surface area contributed by atoms with E-state index in [4.69, 9.17) is 5.11 Å². The minimum absolute atomic E-state index is 0.00494. The second kappa shape index (κ2) is 8.72. The number of aliphatic carboxylic acids is 1. The Morgan fingerprint density at radius 1 is 1.19 bits per heavy atom. The average molecular weight is 309 g/mol. The van der Waals surface area contributed by atoms with Gasteiger partial charge >= 0.3 is 5.97 Å². The van der Waals surface area contributed by atoms with Crippen LogP contribution in [0.4, 0.5) is 0 Å². The molecule has 0 radical (unpaired) electrons. The Morgan fingerprint density at radius 3 is 2.33 bits per heavy atom. The molecule has 0 aromatic heterocycles. The van der Waals surface area contributed by atoms with Gasteiger partial charge in [0.05, 0.1) is 6.42 Å². The van der Waals surface area contributed by atoms with Crippen molar-refractivity contribution < 1.29 is 14.7 Å². The molecule has 1 N–H and O–H groups in total. The molecule has 1 amide bonds. The van der Waals surface area contributed by atoms with Gasteiger partial charge in [0.15, 0.2) is 0 Å². The van der Waals surface area contributed by atoms with Crippen molar-refractivity contribution in [3.8, 4) is 0 Å². The van der Waals surface area contributed by atoms with Gasteiger partial charge in [-0.2, -0.15) is 0 Å². The van der Waals surface area contributed by atoms with Crippen LogP contribution in [0, 0.1) is 6.92 Å². The highest BCUT2D eigenvalue weighted by molar-refractivity contribution is 7.99. The van der Waals surface area contributed by atoms with Crippen LogP contribution < -0.4 is 0 Å². The lowest BCUT2D eigenvalue weighted by Crippen LogP contribution is -2.38. The van der Waals surface area contributed by atoms with E-state index in [0.29, 0.717) is 12.2 Å². The van der Waals surface area contributed by atoms with E-state index in [2.05, 4.69) is 24.3 Å². The molecule has 0 bridgehead atoms. The minimum atomic E-state index is -0.873. The fourth-order valence-corrected chi connectivity index (χ4v) is 2.76. The van der Waals surface area contributed by atoms with Crippen LogP contribution in [0.25, 0.3) is 0 Å². The van der Waals surface area contributed by atoms with Gasteiger partial charge in [-0.25, -0.2) is 0 Å². The van der Waals surface area contributed by atoms with Gasteiger partial charge in [-0.1, -0.05) is 17.7 Å². The number of nitrogens with zero attached hydrogens (tertiary/aromatic N) is 1. The van der Waals surface area contributed by atoms with Crippen molar-refractivity contribution in [3.63, 3.8) is 0 Å². The SMILES string of the molecule is Cc1ccc(SCCC(=O)N(CCC(=O)O)C(C)C)cc1. The van der Waals surface area contributed by atoms with Gasteiger partial charge in [0.2, 0.25) is 5.91 Å². The van der Waals surface area contributed by atoms with Crippen molar-refractivity contribution in [1.82, 2.24) is 4.90 Å². The number of carboxylic acid groups (broad SMARTS) is 1. The zero-order chi connectivity index (χ0) is 15.8. The topological polar surface area (TPSA) is 57.6 Å². The van der Waals surface area contributed by atoms with E-state index < -0.39 is 5.97 Å². The molecule has 0 spiro atoms. The zero-order valence-corrected chi connectivity index (χ0v) is 13.7. The van der Waals surface area contributed by atoms with Crippen molar-refractivity contribution in [3.05, 3.63) is 29.8 Å². The molecule has 0 heterocycles. The molecule has 1 aromatic carbocycles. The standard InChI is InChI=1S/C16H23NO3S/c1-12(2)17(10-8-16(19)20)15(18)9-11-21-14-6-4-13(3)5-7-14/h4-7,12H,8-11H2,1-3H3,(H,19,20). The molecule has 116 valence electrons. The Hall–Kier alpha value is -1.49. The third-order valence-electron chi connectivity index (χ3n) is 3.12. The number of carbonyl (C=O) groups excluding carboxylic acids is 1. The highest BCUT2D eigenvalue weighted by atomic mass is 32.2. The van der Waals surface area contributed by atoms with Gasteiger partial charge in [0.25, 0.3) is 0 Å².